The van der Waals surface area contributed by atoms with Gasteiger partial charge >= 0.3 is 0 Å². The van der Waals surface area contributed by atoms with Crippen LogP contribution < -0.4 is 4.90 Å². The van der Waals surface area contributed by atoms with E-state index in [2.05, 4.69) is 14.9 Å². The lowest BCUT2D eigenvalue weighted by Gasteiger charge is -2.24. The fraction of sp³-hybridized carbons (Fsp3) is 0.667. The predicted octanol–water partition coefficient (Wildman–Crippen LogP) is 1.23. The standard InChI is InChI=1S/C12H19N3O2S/c1-9-10(8-16)11(14-12(13-9)18-2)15-4-3-6-17-7-5-15/h16H,3-8H2,1-2H3. The van der Waals surface area contributed by atoms with Gasteiger partial charge in [0.25, 0.3) is 0 Å². The first-order valence-corrected chi connectivity index (χ1v) is 7.33. The Balaban J connectivity index is 2.36. The van der Waals surface area contributed by atoms with Gasteiger partial charge in [0.15, 0.2) is 5.16 Å². The van der Waals surface area contributed by atoms with Crippen molar-refractivity contribution in [2.75, 3.05) is 37.5 Å². The van der Waals surface area contributed by atoms with Gasteiger partial charge in [-0.25, -0.2) is 9.97 Å². The van der Waals surface area contributed by atoms with Crippen molar-refractivity contribution in [2.24, 2.45) is 0 Å². The van der Waals surface area contributed by atoms with E-state index < -0.39 is 0 Å². The van der Waals surface area contributed by atoms with Crippen LogP contribution in [0.15, 0.2) is 5.16 Å². The minimum Gasteiger partial charge on any atom is -0.391 e. The third-order valence-corrected chi connectivity index (χ3v) is 3.58. The van der Waals surface area contributed by atoms with E-state index in [0.29, 0.717) is 6.61 Å². The average molecular weight is 269 g/mol. The number of anilines is 1. The van der Waals surface area contributed by atoms with E-state index in [1.165, 1.54) is 11.8 Å². The van der Waals surface area contributed by atoms with Crippen molar-refractivity contribution >= 4 is 17.6 Å². The Morgan fingerprint density at radius 3 is 2.89 bits per heavy atom. The fourth-order valence-electron chi connectivity index (χ4n) is 2.05. The summed E-state index contributed by atoms with van der Waals surface area (Å²) in [7, 11) is 0. The van der Waals surface area contributed by atoms with Gasteiger partial charge in [0.1, 0.15) is 5.82 Å². The second kappa shape index (κ2) is 6.36. The highest BCUT2D eigenvalue weighted by molar-refractivity contribution is 7.98. The van der Waals surface area contributed by atoms with E-state index in [1.54, 1.807) is 0 Å². The Morgan fingerprint density at radius 2 is 2.17 bits per heavy atom. The summed E-state index contributed by atoms with van der Waals surface area (Å²) in [5, 5.41) is 10.3. The largest absolute Gasteiger partial charge is 0.391 e. The van der Waals surface area contributed by atoms with Crippen molar-refractivity contribution in [1.29, 1.82) is 0 Å². The summed E-state index contributed by atoms with van der Waals surface area (Å²) in [6.45, 7) is 5.14. The number of ether oxygens (including phenoxy) is 1. The summed E-state index contributed by atoms with van der Waals surface area (Å²) in [6, 6.07) is 0. The maximum absolute atomic E-state index is 9.52. The molecule has 5 nitrogen and oxygen atoms in total. The summed E-state index contributed by atoms with van der Waals surface area (Å²) < 4.78 is 5.45. The second-order valence-corrected chi connectivity index (χ2v) is 4.98. The molecule has 0 amide bonds. The van der Waals surface area contributed by atoms with Crippen LogP contribution in [-0.4, -0.2) is 47.6 Å². The van der Waals surface area contributed by atoms with E-state index in [1.807, 2.05) is 13.2 Å². The SMILES string of the molecule is CSc1nc(C)c(CO)c(N2CCCOCC2)n1. The first kappa shape index (κ1) is 13.6. The van der Waals surface area contributed by atoms with E-state index in [4.69, 9.17) is 4.74 Å². The third kappa shape index (κ3) is 2.93. The highest BCUT2D eigenvalue weighted by Crippen LogP contribution is 2.24. The molecule has 1 N–H and O–H groups in total. The summed E-state index contributed by atoms with van der Waals surface area (Å²) in [5.41, 5.74) is 1.69. The molecule has 6 heteroatoms. The van der Waals surface area contributed by atoms with Gasteiger partial charge in [-0.3, -0.25) is 0 Å². The predicted molar refractivity (Wildman–Crippen MR) is 72.1 cm³/mol. The molecule has 0 bridgehead atoms. The quantitative estimate of drug-likeness (QED) is 0.658. The monoisotopic (exact) mass is 269 g/mol. The van der Waals surface area contributed by atoms with E-state index in [-0.39, 0.29) is 6.61 Å². The van der Waals surface area contributed by atoms with Crippen LogP contribution in [0.25, 0.3) is 0 Å². The summed E-state index contributed by atoms with van der Waals surface area (Å²) >= 11 is 1.52. The van der Waals surface area contributed by atoms with Crippen molar-refractivity contribution < 1.29 is 9.84 Å². The maximum atomic E-state index is 9.52. The van der Waals surface area contributed by atoms with Gasteiger partial charge in [-0.1, -0.05) is 11.8 Å². The molecular weight excluding hydrogens is 250 g/mol. The molecule has 1 fully saturated rings. The van der Waals surface area contributed by atoms with Crippen molar-refractivity contribution in [2.45, 2.75) is 25.1 Å². The van der Waals surface area contributed by atoms with Gasteiger partial charge in [0.05, 0.1) is 13.2 Å². The van der Waals surface area contributed by atoms with Crippen LogP contribution in [0, 0.1) is 6.92 Å². The highest BCUT2D eigenvalue weighted by Gasteiger charge is 2.18. The van der Waals surface area contributed by atoms with E-state index >= 15 is 0 Å². The molecule has 1 aliphatic rings. The molecule has 1 aliphatic heterocycles. The lowest BCUT2D eigenvalue weighted by atomic mass is 10.2. The van der Waals surface area contributed by atoms with Crippen molar-refractivity contribution in [1.82, 2.24) is 9.97 Å². The summed E-state index contributed by atoms with van der Waals surface area (Å²) in [4.78, 5) is 11.1. The molecule has 100 valence electrons. The maximum Gasteiger partial charge on any atom is 0.189 e. The zero-order valence-corrected chi connectivity index (χ0v) is 11.7. The molecule has 18 heavy (non-hydrogen) atoms. The lowest BCUT2D eigenvalue weighted by molar-refractivity contribution is 0.152. The van der Waals surface area contributed by atoms with Crippen molar-refractivity contribution in [3.05, 3.63) is 11.3 Å². The molecule has 0 aromatic carbocycles. The molecule has 0 atom stereocenters. The van der Waals surface area contributed by atoms with Crippen LogP contribution in [0.4, 0.5) is 5.82 Å². The lowest BCUT2D eigenvalue weighted by Crippen LogP contribution is -2.28. The van der Waals surface area contributed by atoms with Gasteiger partial charge in [-0.15, -0.1) is 0 Å². The Morgan fingerprint density at radius 1 is 1.33 bits per heavy atom. The number of aryl methyl sites for hydroxylation is 1. The number of thioether (sulfide) groups is 1. The van der Waals surface area contributed by atoms with Crippen molar-refractivity contribution in [3.8, 4) is 0 Å². The van der Waals surface area contributed by atoms with Crippen LogP contribution in [0.2, 0.25) is 0 Å². The van der Waals surface area contributed by atoms with Crippen LogP contribution in [0.1, 0.15) is 17.7 Å². The van der Waals surface area contributed by atoms with Gasteiger partial charge in [-0.2, -0.15) is 0 Å². The summed E-state index contributed by atoms with van der Waals surface area (Å²) in [6.07, 6.45) is 2.95. The van der Waals surface area contributed by atoms with Crippen LogP contribution in [0.5, 0.6) is 0 Å². The zero-order valence-electron chi connectivity index (χ0n) is 10.8. The van der Waals surface area contributed by atoms with E-state index in [0.717, 1.165) is 48.3 Å². The van der Waals surface area contributed by atoms with Gasteiger partial charge in [0, 0.05) is 31.0 Å². The molecule has 1 aromatic rings. The molecule has 0 saturated carbocycles. The number of rotatable bonds is 3. The Kier molecular flexibility index (Phi) is 4.79. The Bertz CT molecular complexity index is 407. The molecule has 0 unspecified atom stereocenters. The molecule has 0 spiro atoms. The number of aliphatic hydroxyl groups excluding tert-OH is 1. The molecule has 0 radical (unpaired) electrons. The van der Waals surface area contributed by atoms with Gasteiger partial charge < -0.3 is 14.7 Å². The first-order valence-electron chi connectivity index (χ1n) is 6.11. The number of hydrogen-bond donors (Lipinski definition) is 1. The van der Waals surface area contributed by atoms with Crippen LogP contribution >= 0.6 is 11.8 Å². The van der Waals surface area contributed by atoms with Crippen LogP contribution in [-0.2, 0) is 11.3 Å². The second-order valence-electron chi connectivity index (χ2n) is 4.21. The average Bonchev–Trinajstić information content (AvgIpc) is 2.66. The molecular formula is C12H19N3O2S. The molecule has 1 aromatic heterocycles. The van der Waals surface area contributed by atoms with Crippen LogP contribution in [0.3, 0.4) is 0 Å². The first-order chi connectivity index (χ1) is 8.76. The Hall–Kier alpha value is -0.850. The Labute approximate surface area is 112 Å². The normalized spacial score (nSPS) is 16.7. The van der Waals surface area contributed by atoms with Crippen molar-refractivity contribution in [3.63, 3.8) is 0 Å². The number of aromatic nitrogens is 2. The van der Waals surface area contributed by atoms with Gasteiger partial charge in [-0.05, 0) is 19.6 Å². The van der Waals surface area contributed by atoms with Gasteiger partial charge in [0.2, 0.25) is 0 Å². The minimum atomic E-state index is -0.0207. The topological polar surface area (TPSA) is 58.5 Å². The highest BCUT2D eigenvalue weighted by atomic mass is 32.2. The third-order valence-electron chi connectivity index (χ3n) is 3.03. The zero-order chi connectivity index (χ0) is 13.0. The molecule has 2 heterocycles. The fourth-order valence-corrected chi connectivity index (χ4v) is 2.46. The molecule has 0 aliphatic carbocycles. The summed E-state index contributed by atoms with van der Waals surface area (Å²) in [5.74, 6) is 0.861. The molecule has 1 saturated heterocycles. The number of hydrogen-bond acceptors (Lipinski definition) is 6. The number of nitrogens with zero attached hydrogens (tertiary/aromatic N) is 3. The minimum absolute atomic E-state index is 0.0207. The number of aliphatic hydroxyl groups is 1. The smallest absolute Gasteiger partial charge is 0.189 e. The molecule has 2 rings (SSSR count). The van der Waals surface area contributed by atoms with E-state index in [9.17, 15) is 5.11 Å².